The van der Waals surface area contributed by atoms with E-state index in [1.54, 1.807) is 6.07 Å². The summed E-state index contributed by atoms with van der Waals surface area (Å²) in [7, 11) is 1.52. The largest absolute Gasteiger partial charge is 0.504 e. The Kier molecular flexibility index (Phi) is 3.56. The number of phenols is 1. The fourth-order valence-electron chi connectivity index (χ4n) is 2.22. The van der Waals surface area contributed by atoms with Gasteiger partial charge in [0.05, 0.1) is 12.1 Å². The number of halogens is 1. The first kappa shape index (κ1) is 11.6. The van der Waals surface area contributed by atoms with Crippen LogP contribution >= 0.6 is 11.6 Å². The lowest BCUT2D eigenvalue weighted by Gasteiger charge is -2.24. The van der Waals surface area contributed by atoms with Crippen LogP contribution in [-0.4, -0.2) is 25.3 Å². The summed E-state index contributed by atoms with van der Waals surface area (Å²) in [5, 5.41) is 13.9. The predicted molar refractivity (Wildman–Crippen MR) is 64.5 cm³/mol. The third-order valence-corrected chi connectivity index (χ3v) is 3.40. The second-order valence-corrected chi connectivity index (χ2v) is 4.45. The van der Waals surface area contributed by atoms with E-state index in [9.17, 15) is 5.11 Å². The predicted octanol–water partition coefficient (Wildman–Crippen LogP) is 2.52. The number of hydrogen-bond acceptors (Lipinski definition) is 3. The summed E-state index contributed by atoms with van der Waals surface area (Å²) in [5.41, 5.74) is 0.947. The van der Waals surface area contributed by atoms with Crippen LogP contribution in [0.1, 0.15) is 24.3 Å². The molecule has 1 heterocycles. The van der Waals surface area contributed by atoms with E-state index in [0.717, 1.165) is 31.5 Å². The molecule has 4 heteroatoms. The molecular weight excluding hydrogens is 226 g/mol. The Bertz CT molecular complexity index is 376. The Morgan fingerprint density at radius 3 is 2.69 bits per heavy atom. The van der Waals surface area contributed by atoms with Crippen molar-refractivity contribution in [1.82, 2.24) is 5.32 Å². The molecule has 0 aliphatic carbocycles. The van der Waals surface area contributed by atoms with Gasteiger partial charge < -0.3 is 15.2 Å². The van der Waals surface area contributed by atoms with Gasteiger partial charge in [0.15, 0.2) is 11.5 Å². The van der Waals surface area contributed by atoms with Crippen molar-refractivity contribution in [3.8, 4) is 11.5 Å². The van der Waals surface area contributed by atoms with E-state index >= 15 is 0 Å². The summed E-state index contributed by atoms with van der Waals surface area (Å²) in [6.07, 6.45) is 2.08. The molecule has 0 atom stereocenters. The first-order valence-electron chi connectivity index (χ1n) is 5.50. The molecule has 1 aliphatic heterocycles. The molecule has 0 aromatic heterocycles. The second kappa shape index (κ2) is 4.93. The average molecular weight is 242 g/mol. The van der Waals surface area contributed by atoms with Crippen LogP contribution in [0.15, 0.2) is 12.1 Å². The fraction of sp³-hybridized carbons (Fsp3) is 0.500. The summed E-state index contributed by atoms with van der Waals surface area (Å²) >= 11 is 5.94. The van der Waals surface area contributed by atoms with Gasteiger partial charge in [-0.25, -0.2) is 0 Å². The van der Waals surface area contributed by atoms with Gasteiger partial charge in [-0.1, -0.05) is 17.7 Å². The fourth-order valence-corrected chi connectivity index (χ4v) is 2.45. The summed E-state index contributed by atoms with van der Waals surface area (Å²) < 4.78 is 5.11. The standard InChI is InChI=1S/C12H16ClNO2/c1-16-12-10(13)3-2-9(11(12)15)8-4-6-14-7-5-8/h2-3,8,14-15H,4-7H2,1H3. The molecule has 3 nitrogen and oxygen atoms in total. The van der Waals surface area contributed by atoms with Gasteiger partial charge >= 0.3 is 0 Å². The first-order chi connectivity index (χ1) is 7.74. The minimum atomic E-state index is 0.196. The van der Waals surface area contributed by atoms with Crippen LogP contribution in [0.2, 0.25) is 5.02 Å². The summed E-state index contributed by atoms with van der Waals surface area (Å²) in [6.45, 7) is 1.99. The maximum Gasteiger partial charge on any atom is 0.179 e. The van der Waals surface area contributed by atoms with Crippen LogP contribution in [-0.2, 0) is 0 Å². The van der Waals surface area contributed by atoms with Gasteiger partial charge in [-0.05, 0) is 37.9 Å². The van der Waals surface area contributed by atoms with Gasteiger partial charge in [-0.2, -0.15) is 0 Å². The van der Waals surface area contributed by atoms with Crippen molar-refractivity contribution in [2.45, 2.75) is 18.8 Å². The third kappa shape index (κ3) is 2.11. The minimum absolute atomic E-state index is 0.196. The molecule has 1 aliphatic rings. The molecule has 0 spiro atoms. The van der Waals surface area contributed by atoms with Crippen molar-refractivity contribution >= 4 is 11.6 Å². The van der Waals surface area contributed by atoms with Crippen molar-refractivity contribution in [3.05, 3.63) is 22.7 Å². The van der Waals surface area contributed by atoms with Crippen LogP contribution in [0.4, 0.5) is 0 Å². The van der Waals surface area contributed by atoms with Crippen molar-refractivity contribution in [1.29, 1.82) is 0 Å². The number of methoxy groups -OCH3 is 1. The highest BCUT2D eigenvalue weighted by atomic mass is 35.5. The summed E-state index contributed by atoms with van der Waals surface area (Å²) in [5.74, 6) is 0.979. The molecule has 0 saturated carbocycles. The molecule has 0 radical (unpaired) electrons. The molecule has 1 fully saturated rings. The lowest BCUT2D eigenvalue weighted by molar-refractivity contribution is 0.363. The topological polar surface area (TPSA) is 41.5 Å². The zero-order chi connectivity index (χ0) is 11.5. The van der Waals surface area contributed by atoms with Crippen LogP contribution in [0, 0.1) is 0 Å². The van der Waals surface area contributed by atoms with E-state index < -0.39 is 0 Å². The van der Waals surface area contributed by atoms with Crippen LogP contribution in [0.3, 0.4) is 0 Å². The number of ether oxygens (including phenoxy) is 1. The van der Waals surface area contributed by atoms with Gasteiger partial charge in [-0.3, -0.25) is 0 Å². The van der Waals surface area contributed by atoms with E-state index in [0.29, 0.717) is 16.7 Å². The number of phenolic OH excluding ortho intramolecular Hbond substituents is 1. The summed E-state index contributed by atoms with van der Waals surface area (Å²) in [6, 6.07) is 3.69. The van der Waals surface area contributed by atoms with E-state index in [-0.39, 0.29) is 5.75 Å². The van der Waals surface area contributed by atoms with Crippen LogP contribution in [0.25, 0.3) is 0 Å². The monoisotopic (exact) mass is 241 g/mol. The van der Waals surface area contributed by atoms with Crippen LogP contribution < -0.4 is 10.1 Å². The molecule has 1 aromatic rings. The number of rotatable bonds is 2. The maximum absolute atomic E-state index is 10.1. The molecule has 0 unspecified atom stereocenters. The Balaban J connectivity index is 2.33. The smallest absolute Gasteiger partial charge is 0.179 e. The molecule has 1 saturated heterocycles. The Morgan fingerprint density at radius 2 is 2.06 bits per heavy atom. The molecule has 16 heavy (non-hydrogen) atoms. The normalized spacial score (nSPS) is 17.4. The number of aromatic hydroxyl groups is 1. The van der Waals surface area contributed by atoms with Crippen molar-refractivity contribution in [3.63, 3.8) is 0 Å². The SMILES string of the molecule is COc1c(Cl)ccc(C2CCNCC2)c1O. The molecule has 0 bridgehead atoms. The minimum Gasteiger partial charge on any atom is -0.504 e. The van der Waals surface area contributed by atoms with E-state index in [1.807, 2.05) is 6.07 Å². The molecule has 2 N–H and O–H groups in total. The van der Waals surface area contributed by atoms with Gasteiger partial charge in [-0.15, -0.1) is 0 Å². The van der Waals surface area contributed by atoms with E-state index in [4.69, 9.17) is 16.3 Å². The van der Waals surface area contributed by atoms with E-state index in [1.165, 1.54) is 7.11 Å². The lowest BCUT2D eigenvalue weighted by atomic mass is 9.89. The number of piperidine rings is 1. The second-order valence-electron chi connectivity index (χ2n) is 4.04. The molecule has 1 aromatic carbocycles. The molecule has 2 rings (SSSR count). The Hall–Kier alpha value is -0.930. The Morgan fingerprint density at radius 1 is 1.38 bits per heavy atom. The number of nitrogens with one attached hydrogen (secondary N) is 1. The van der Waals surface area contributed by atoms with Gasteiger partial charge in [0.1, 0.15) is 0 Å². The molecular formula is C12H16ClNO2. The van der Waals surface area contributed by atoms with Gasteiger partial charge in [0, 0.05) is 5.56 Å². The molecule has 88 valence electrons. The van der Waals surface area contributed by atoms with Gasteiger partial charge in [0.2, 0.25) is 0 Å². The third-order valence-electron chi connectivity index (χ3n) is 3.10. The lowest BCUT2D eigenvalue weighted by Crippen LogP contribution is -2.26. The quantitative estimate of drug-likeness (QED) is 0.836. The highest BCUT2D eigenvalue weighted by Crippen LogP contribution is 2.42. The zero-order valence-electron chi connectivity index (χ0n) is 9.29. The number of benzene rings is 1. The summed E-state index contributed by atoms with van der Waals surface area (Å²) in [4.78, 5) is 0. The van der Waals surface area contributed by atoms with Crippen molar-refractivity contribution in [2.75, 3.05) is 20.2 Å². The highest BCUT2D eigenvalue weighted by molar-refractivity contribution is 6.32. The number of hydrogen-bond donors (Lipinski definition) is 2. The van der Waals surface area contributed by atoms with Gasteiger partial charge in [0.25, 0.3) is 0 Å². The average Bonchev–Trinajstić information content (AvgIpc) is 2.31. The first-order valence-corrected chi connectivity index (χ1v) is 5.88. The van der Waals surface area contributed by atoms with Crippen molar-refractivity contribution in [2.24, 2.45) is 0 Å². The zero-order valence-corrected chi connectivity index (χ0v) is 10.0. The van der Waals surface area contributed by atoms with E-state index in [2.05, 4.69) is 5.32 Å². The van der Waals surface area contributed by atoms with Crippen molar-refractivity contribution < 1.29 is 9.84 Å². The maximum atomic E-state index is 10.1. The molecule has 0 amide bonds. The highest BCUT2D eigenvalue weighted by Gasteiger charge is 2.21. The van der Waals surface area contributed by atoms with Crippen LogP contribution in [0.5, 0.6) is 11.5 Å². The Labute approximate surface area is 100 Å².